The highest BCUT2D eigenvalue weighted by Crippen LogP contribution is 2.18. The van der Waals surface area contributed by atoms with Crippen molar-refractivity contribution in [3.8, 4) is 0 Å². The lowest BCUT2D eigenvalue weighted by molar-refractivity contribution is -0.131. The van der Waals surface area contributed by atoms with Gasteiger partial charge in [0.1, 0.15) is 6.10 Å². The number of carbonyl (C=O) groups is 1. The summed E-state index contributed by atoms with van der Waals surface area (Å²) in [5.74, 6) is -0.467. The highest BCUT2D eigenvalue weighted by atomic mass is 16.3. The van der Waals surface area contributed by atoms with Crippen LogP contribution in [0.5, 0.6) is 0 Å². The van der Waals surface area contributed by atoms with Crippen LogP contribution in [0.3, 0.4) is 0 Å². The van der Waals surface area contributed by atoms with Crippen LogP contribution in [0, 0.1) is 0 Å². The molecule has 0 heterocycles. The van der Waals surface area contributed by atoms with Gasteiger partial charge in [0, 0.05) is 0 Å². The monoisotopic (exact) mass is 876 g/mol. The number of hydrogen-bond donors (Lipinski definition) is 4. The minimum Gasteiger partial charge on any atom is -0.394 e. The van der Waals surface area contributed by atoms with Gasteiger partial charge in [0.15, 0.2) is 0 Å². The van der Waals surface area contributed by atoms with Crippen LogP contribution >= 0.6 is 0 Å². The molecule has 3 atom stereocenters. The van der Waals surface area contributed by atoms with Gasteiger partial charge in [0.2, 0.25) is 5.91 Å². The third-order valence-corrected chi connectivity index (χ3v) is 13.6. The zero-order chi connectivity index (χ0) is 45.1. The summed E-state index contributed by atoms with van der Waals surface area (Å²) < 4.78 is 0. The molecule has 0 saturated heterocycles. The van der Waals surface area contributed by atoms with Gasteiger partial charge in [-0.25, -0.2) is 0 Å². The number of unbranched alkanes of at least 4 members (excludes halogenated alkanes) is 43. The Labute approximate surface area is 389 Å². The maximum absolute atomic E-state index is 12.6. The minimum absolute atomic E-state index is 0.311. The van der Waals surface area contributed by atoms with Crippen molar-refractivity contribution in [3.05, 3.63) is 12.2 Å². The molecular weight excluding hydrogens is 763 g/mol. The summed E-state index contributed by atoms with van der Waals surface area (Å²) in [6, 6.07) is -0.712. The Bertz CT molecular complexity index is 879. The molecule has 0 aliphatic heterocycles. The SMILES string of the molecule is CCCCCCCCCCCCCC/C=C\CCCCCCCCCCC(O)C(=O)NC(CO)C(O)CCCCCCCCCCCCCCCCCCCCCCCCCC. The lowest BCUT2D eigenvalue weighted by atomic mass is 10.0. The summed E-state index contributed by atoms with van der Waals surface area (Å²) in [7, 11) is 0. The first kappa shape index (κ1) is 61.1. The van der Waals surface area contributed by atoms with E-state index in [9.17, 15) is 20.1 Å². The molecule has 0 spiro atoms. The third-order valence-electron chi connectivity index (χ3n) is 13.6. The number of nitrogens with one attached hydrogen (secondary N) is 1. The number of hydrogen-bond acceptors (Lipinski definition) is 4. The average molecular weight is 877 g/mol. The van der Waals surface area contributed by atoms with Crippen molar-refractivity contribution >= 4 is 5.91 Å². The molecule has 0 saturated carbocycles. The van der Waals surface area contributed by atoms with Gasteiger partial charge in [-0.1, -0.05) is 296 Å². The predicted molar refractivity (Wildman–Crippen MR) is 273 cm³/mol. The van der Waals surface area contributed by atoms with Crippen molar-refractivity contribution in [3.63, 3.8) is 0 Å². The molecule has 4 N–H and O–H groups in total. The zero-order valence-corrected chi connectivity index (χ0v) is 42.3. The van der Waals surface area contributed by atoms with E-state index in [1.54, 1.807) is 0 Å². The standard InChI is InChI=1S/C57H113NO4/c1-3-5-7-9-11-13-15-17-19-21-23-25-27-29-31-33-35-37-39-41-43-45-47-49-51-55(60)54(53-59)58-57(62)56(61)52-50-48-46-44-42-40-38-36-34-32-30-28-26-24-22-20-18-16-14-12-10-8-6-4-2/h30,32,54-56,59-61H,3-29,31,33-53H2,1-2H3,(H,58,62)/b32-30-. The Balaban J connectivity index is 3.52. The Hall–Kier alpha value is -0.910. The quantitative estimate of drug-likeness (QED) is 0.0362. The first-order chi connectivity index (χ1) is 30.6. The first-order valence-electron chi connectivity index (χ1n) is 28.5. The minimum atomic E-state index is -1.08. The maximum Gasteiger partial charge on any atom is 0.249 e. The van der Waals surface area contributed by atoms with E-state index in [0.29, 0.717) is 12.8 Å². The molecule has 0 aliphatic carbocycles. The van der Waals surface area contributed by atoms with Gasteiger partial charge in [-0.15, -0.1) is 0 Å². The van der Waals surface area contributed by atoms with E-state index in [-0.39, 0.29) is 6.61 Å². The number of amides is 1. The molecule has 5 nitrogen and oxygen atoms in total. The summed E-state index contributed by atoms with van der Waals surface area (Å²) >= 11 is 0. The molecule has 3 unspecified atom stereocenters. The summed E-state index contributed by atoms with van der Waals surface area (Å²) in [4.78, 5) is 12.6. The van der Waals surface area contributed by atoms with Crippen LogP contribution < -0.4 is 5.32 Å². The second kappa shape index (κ2) is 52.7. The normalized spacial score (nSPS) is 13.3. The largest absolute Gasteiger partial charge is 0.394 e. The molecular formula is C57H113NO4. The fraction of sp³-hybridized carbons (Fsp3) is 0.947. The summed E-state index contributed by atoms with van der Waals surface area (Å²) in [6.07, 6.45) is 65.4. The van der Waals surface area contributed by atoms with Crippen LogP contribution in [0.15, 0.2) is 12.2 Å². The molecule has 0 aliphatic rings. The Morgan fingerprint density at radius 2 is 0.613 bits per heavy atom. The van der Waals surface area contributed by atoms with Crippen molar-refractivity contribution < 1.29 is 20.1 Å². The van der Waals surface area contributed by atoms with Gasteiger partial charge in [-0.05, 0) is 38.5 Å². The van der Waals surface area contributed by atoms with E-state index < -0.39 is 24.2 Å². The molecule has 0 fully saturated rings. The second-order valence-corrected chi connectivity index (χ2v) is 19.9. The van der Waals surface area contributed by atoms with Gasteiger partial charge in [0.25, 0.3) is 0 Å². The third kappa shape index (κ3) is 47.1. The van der Waals surface area contributed by atoms with Crippen LogP contribution in [0.4, 0.5) is 0 Å². The van der Waals surface area contributed by atoms with Gasteiger partial charge in [0.05, 0.1) is 18.8 Å². The van der Waals surface area contributed by atoms with Crippen LogP contribution in [-0.4, -0.2) is 46.1 Å². The predicted octanol–water partition coefficient (Wildman–Crippen LogP) is 17.5. The van der Waals surface area contributed by atoms with Gasteiger partial charge < -0.3 is 20.6 Å². The van der Waals surface area contributed by atoms with Crippen molar-refractivity contribution in [2.75, 3.05) is 6.61 Å². The van der Waals surface area contributed by atoms with E-state index >= 15 is 0 Å². The second-order valence-electron chi connectivity index (χ2n) is 19.9. The molecule has 0 radical (unpaired) electrons. The summed E-state index contributed by atoms with van der Waals surface area (Å²) in [5, 5.41) is 33.6. The Morgan fingerprint density at radius 1 is 0.371 bits per heavy atom. The molecule has 0 aromatic carbocycles. The Morgan fingerprint density at radius 3 is 0.887 bits per heavy atom. The lowest BCUT2D eigenvalue weighted by Crippen LogP contribution is -2.49. The van der Waals surface area contributed by atoms with Gasteiger partial charge in [-0.3, -0.25) is 4.79 Å². The van der Waals surface area contributed by atoms with Crippen molar-refractivity contribution in [1.29, 1.82) is 0 Å². The van der Waals surface area contributed by atoms with Crippen molar-refractivity contribution in [2.45, 2.75) is 340 Å². The number of rotatable bonds is 53. The summed E-state index contributed by atoms with van der Waals surface area (Å²) in [5.41, 5.74) is 0. The lowest BCUT2D eigenvalue weighted by Gasteiger charge is -2.23. The zero-order valence-electron chi connectivity index (χ0n) is 42.3. The number of aliphatic hydroxyl groups is 3. The molecule has 370 valence electrons. The van der Waals surface area contributed by atoms with E-state index in [4.69, 9.17) is 0 Å². The molecule has 62 heavy (non-hydrogen) atoms. The molecule has 1 amide bonds. The van der Waals surface area contributed by atoms with E-state index in [1.165, 1.54) is 263 Å². The number of carbonyl (C=O) groups excluding carboxylic acids is 1. The smallest absolute Gasteiger partial charge is 0.249 e. The highest BCUT2D eigenvalue weighted by molar-refractivity contribution is 5.80. The first-order valence-corrected chi connectivity index (χ1v) is 28.5. The van der Waals surface area contributed by atoms with Crippen molar-refractivity contribution in [1.82, 2.24) is 5.32 Å². The molecule has 0 aromatic heterocycles. The molecule has 0 aromatic rings. The van der Waals surface area contributed by atoms with Crippen LogP contribution in [0.1, 0.15) is 322 Å². The Kier molecular flexibility index (Phi) is 51.9. The fourth-order valence-electron chi connectivity index (χ4n) is 9.19. The van der Waals surface area contributed by atoms with Gasteiger partial charge in [-0.2, -0.15) is 0 Å². The number of aliphatic hydroxyl groups excluding tert-OH is 3. The van der Waals surface area contributed by atoms with Gasteiger partial charge >= 0.3 is 0 Å². The van der Waals surface area contributed by atoms with Crippen LogP contribution in [-0.2, 0) is 4.79 Å². The number of allylic oxidation sites excluding steroid dienone is 2. The van der Waals surface area contributed by atoms with Crippen LogP contribution in [0.2, 0.25) is 0 Å². The van der Waals surface area contributed by atoms with E-state index in [2.05, 4.69) is 31.3 Å². The fourth-order valence-corrected chi connectivity index (χ4v) is 9.19. The van der Waals surface area contributed by atoms with Crippen LogP contribution in [0.25, 0.3) is 0 Å². The topological polar surface area (TPSA) is 89.8 Å². The van der Waals surface area contributed by atoms with Crippen molar-refractivity contribution in [2.24, 2.45) is 0 Å². The highest BCUT2D eigenvalue weighted by Gasteiger charge is 2.23. The van der Waals surface area contributed by atoms with E-state index in [1.807, 2.05) is 0 Å². The van der Waals surface area contributed by atoms with E-state index in [0.717, 1.165) is 32.1 Å². The molecule has 0 bridgehead atoms. The summed E-state index contributed by atoms with van der Waals surface area (Å²) in [6.45, 7) is 4.27. The molecule has 5 heteroatoms. The molecule has 0 rings (SSSR count). The maximum atomic E-state index is 12.6. The average Bonchev–Trinajstić information content (AvgIpc) is 3.28.